The molecule has 2 atom stereocenters. The lowest BCUT2D eigenvalue weighted by molar-refractivity contribution is 0.370. The first-order valence-corrected chi connectivity index (χ1v) is 12.3. The van der Waals surface area contributed by atoms with Crippen molar-refractivity contribution in [2.45, 2.75) is 64.7 Å². The van der Waals surface area contributed by atoms with Crippen molar-refractivity contribution in [3.05, 3.63) is 64.7 Å². The summed E-state index contributed by atoms with van der Waals surface area (Å²) in [6.45, 7) is 6.06. The average molecular weight is 487 g/mol. The Hall–Kier alpha value is -4.08. The Balaban J connectivity index is 1.42. The van der Waals surface area contributed by atoms with Crippen LogP contribution in [0.5, 0.6) is 11.6 Å². The molecule has 2 aromatic carbocycles. The monoisotopic (exact) mass is 486 g/mol. The Morgan fingerprint density at radius 1 is 1.06 bits per heavy atom. The first kappa shape index (κ1) is 23.7. The summed E-state index contributed by atoms with van der Waals surface area (Å²) in [5.74, 6) is 1.89. The first-order valence-electron chi connectivity index (χ1n) is 12.3. The molecule has 0 saturated heterocycles. The summed E-state index contributed by atoms with van der Waals surface area (Å²) >= 11 is 0. The number of benzene rings is 2. The van der Waals surface area contributed by atoms with Crippen LogP contribution in [0.1, 0.15) is 72.8 Å². The number of phenolic OH excluding ortho intramolecular Hbond substituents is 1. The van der Waals surface area contributed by atoms with E-state index in [4.69, 9.17) is 0 Å². The topological polar surface area (TPSA) is 137 Å². The van der Waals surface area contributed by atoms with Gasteiger partial charge >= 0.3 is 0 Å². The van der Waals surface area contributed by atoms with E-state index in [0.29, 0.717) is 17.9 Å². The van der Waals surface area contributed by atoms with E-state index >= 15 is 0 Å². The van der Waals surface area contributed by atoms with Gasteiger partial charge < -0.3 is 10.2 Å². The fraction of sp³-hybridized carbons (Fsp3) is 0.385. The molecule has 4 aromatic rings. The summed E-state index contributed by atoms with van der Waals surface area (Å²) in [7, 11) is 0. The van der Waals surface area contributed by atoms with E-state index in [-0.39, 0.29) is 29.3 Å². The number of phenols is 1. The number of aromatic nitrogens is 6. The second-order valence-electron chi connectivity index (χ2n) is 9.38. The number of nitrogens with zero attached hydrogens (tertiary/aromatic N) is 7. The van der Waals surface area contributed by atoms with Crippen molar-refractivity contribution in [3.8, 4) is 17.3 Å². The highest BCUT2D eigenvalue weighted by atomic mass is 16.3. The van der Waals surface area contributed by atoms with Gasteiger partial charge in [0.25, 0.3) is 0 Å². The SMILES string of the molecule is CCc1nc(N=Nc2cccc(C3CCCC(c4nn[nH]n4)C3)c2O)c(O)n1-c1ccc(C)c(C)c1. The Kier molecular flexibility index (Phi) is 6.49. The van der Waals surface area contributed by atoms with E-state index in [2.05, 4.69) is 35.8 Å². The van der Waals surface area contributed by atoms with Gasteiger partial charge in [0, 0.05) is 12.3 Å². The highest BCUT2D eigenvalue weighted by Gasteiger charge is 2.29. The van der Waals surface area contributed by atoms with Gasteiger partial charge in [-0.3, -0.25) is 4.57 Å². The first-order chi connectivity index (χ1) is 17.5. The molecular formula is C26H30N8O2. The molecule has 0 radical (unpaired) electrons. The molecule has 2 aromatic heterocycles. The summed E-state index contributed by atoms with van der Waals surface area (Å²) in [5, 5.41) is 45.0. The lowest BCUT2D eigenvalue weighted by atomic mass is 9.77. The summed E-state index contributed by atoms with van der Waals surface area (Å²) in [4.78, 5) is 4.50. The predicted octanol–water partition coefficient (Wildman–Crippen LogP) is 5.83. The van der Waals surface area contributed by atoms with Crippen LogP contribution in [-0.2, 0) is 6.42 Å². The van der Waals surface area contributed by atoms with Gasteiger partial charge in [-0.25, -0.2) is 4.98 Å². The fourth-order valence-electron chi connectivity index (χ4n) is 4.99. The Labute approximate surface area is 209 Å². The molecule has 10 nitrogen and oxygen atoms in total. The summed E-state index contributed by atoms with van der Waals surface area (Å²) < 4.78 is 1.69. The van der Waals surface area contributed by atoms with E-state index in [0.717, 1.165) is 48.3 Å². The quantitative estimate of drug-likeness (QED) is 0.293. The molecule has 0 amide bonds. The smallest absolute Gasteiger partial charge is 0.245 e. The third kappa shape index (κ3) is 4.46. The summed E-state index contributed by atoms with van der Waals surface area (Å²) in [5.41, 5.74) is 4.29. The molecule has 5 rings (SSSR count). The molecule has 186 valence electrons. The minimum absolute atomic E-state index is 0.0790. The number of azo groups is 1. The normalized spacial score (nSPS) is 18.2. The maximum Gasteiger partial charge on any atom is 0.245 e. The zero-order valence-corrected chi connectivity index (χ0v) is 20.7. The Morgan fingerprint density at radius 2 is 1.89 bits per heavy atom. The van der Waals surface area contributed by atoms with E-state index < -0.39 is 0 Å². The van der Waals surface area contributed by atoms with E-state index in [1.807, 2.05) is 51.1 Å². The van der Waals surface area contributed by atoms with E-state index in [9.17, 15) is 10.2 Å². The molecule has 2 heterocycles. The highest BCUT2D eigenvalue weighted by Crippen LogP contribution is 2.45. The molecule has 0 spiro atoms. The number of aromatic amines is 1. The minimum Gasteiger partial charge on any atom is -0.505 e. The van der Waals surface area contributed by atoms with Crippen LogP contribution in [0.2, 0.25) is 0 Å². The van der Waals surface area contributed by atoms with Crippen molar-refractivity contribution in [1.29, 1.82) is 0 Å². The van der Waals surface area contributed by atoms with Crippen molar-refractivity contribution >= 4 is 11.5 Å². The number of H-pyrrole nitrogens is 1. The zero-order chi connectivity index (χ0) is 25.2. The van der Waals surface area contributed by atoms with Crippen LogP contribution in [0, 0.1) is 13.8 Å². The van der Waals surface area contributed by atoms with Gasteiger partial charge in [-0.05, 0) is 73.9 Å². The zero-order valence-electron chi connectivity index (χ0n) is 20.7. The molecule has 1 fully saturated rings. The number of imidazole rings is 1. The van der Waals surface area contributed by atoms with Crippen molar-refractivity contribution in [2.75, 3.05) is 0 Å². The number of nitrogens with one attached hydrogen (secondary N) is 1. The van der Waals surface area contributed by atoms with Crippen LogP contribution in [0.25, 0.3) is 5.69 Å². The van der Waals surface area contributed by atoms with Crippen LogP contribution < -0.4 is 0 Å². The van der Waals surface area contributed by atoms with Gasteiger partial charge in [-0.15, -0.1) is 20.4 Å². The Morgan fingerprint density at radius 3 is 2.64 bits per heavy atom. The summed E-state index contributed by atoms with van der Waals surface area (Å²) in [6.07, 6.45) is 4.41. The van der Waals surface area contributed by atoms with E-state index in [1.54, 1.807) is 10.6 Å². The number of aryl methyl sites for hydroxylation is 3. The molecule has 3 N–H and O–H groups in total. The van der Waals surface area contributed by atoms with Crippen LogP contribution in [0.4, 0.5) is 11.5 Å². The van der Waals surface area contributed by atoms with Crippen molar-refractivity contribution in [1.82, 2.24) is 30.2 Å². The number of para-hydroxylation sites is 1. The Bertz CT molecular complexity index is 1390. The van der Waals surface area contributed by atoms with Crippen molar-refractivity contribution < 1.29 is 10.2 Å². The second kappa shape index (κ2) is 9.88. The van der Waals surface area contributed by atoms with Crippen LogP contribution in [-0.4, -0.2) is 40.4 Å². The van der Waals surface area contributed by atoms with Crippen LogP contribution >= 0.6 is 0 Å². The molecule has 1 aliphatic rings. The second-order valence-corrected chi connectivity index (χ2v) is 9.38. The largest absolute Gasteiger partial charge is 0.505 e. The van der Waals surface area contributed by atoms with Gasteiger partial charge in [-0.2, -0.15) is 5.21 Å². The van der Waals surface area contributed by atoms with Gasteiger partial charge in [0.2, 0.25) is 11.7 Å². The van der Waals surface area contributed by atoms with Gasteiger partial charge in [0.05, 0.1) is 5.69 Å². The minimum atomic E-state index is -0.0790. The molecule has 2 unspecified atom stereocenters. The van der Waals surface area contributed by atoms with E-state index in [1.165, 1.54) is 5.56 Å². The molecule has 10 heteroatoms. The lowest BCUT2D eigenvalue weighted by Gasteiger charge is -2.28. The molecule has 1 aliphatic carbocycles. The van der Waals surface area contributed by atoms with Gasteiger partial charge in [0.1, 0.15) is 17.3 Å². The predicted molar refractivity (Wildman–Crippen MR) is 134 cm³/mol. The molecule has 0 bridgehead atoms. The molecular weight excluding hydrogens is 456 g/mol. The number of rotatable bonds is 6. The fourth-order valence-corrected chi connectivity index (χ4v) is 4.99. The standard InChI is InChI=1S/C26H30N8O2/c1-4-22-27-25(26(36)34(22)19-12-11-15(2)16(3)13-19)29-28-21-10-6-9-20(23(21)35)17-7-5-8-18(14-17)24-30-32-33-31-24/h6,9-13,17-18,35-36H,4-5,7-8,14H2,1-3H3,(H,30,31,32,33). The number of hydrogen-bond acceptors (Lipinski definition) is 8. The lowest BCUT2D eigenvalue weighted by Crippen LogP contribution is -2.14. The van der Waals surface area contributed by atoms with Crippen molar-refractivity contribution in [2.24, 2.45) is 10.2 Å². The maximum absolute atomic E-state index is 11.1. The maximum atomic E-state index is 11.1. The average Bonchev–Trinajstić information content (AvgIpc) is 3.54. The molecule has 0 aliphatic heterocycles. The van der Waals surface area contributed by atoms with Crippen LogP contribution in [0.3, 0.4) is 0 Å². The third-order valence-electron chi connectivity index (χ3n) is 7.11. The van der Waals surface area contributed by atoms with Gasteiger partial charge in [0.15, 0.2) is 5.82 Å². The van der Waals surface area contributed by atoms with Gasteiger partial charge in [-0.1, -0.05) is 36.8 Å². The highest BCUT2D eigenvalue weighted by molar-refractivity contribution is 5.57. The number of hydrogen-bond donors (Lipinski definition) is 3. The van der Waals surface area contributed by atoms with Crippen molar-refractivity contribution in [3.63, 3.8) is 0 Å². The summed E-state index contributed by atoms with van der Waals surface area (Å²) in [6, 6.07) is 11.5. The molecule has 1 saturated carbocycles. The van der Waals surface area contributed by atoms with Crippen LogP contribution in [0.15, 0.2) is 46.6 Å². The number of aromatic hydroxyl groups is 2. The third-order valence-corrected chi connectivity index (χ3v) is 7.11. The number of tetrazole rings is 1. The molecule has 36 heavy (non-hydrogen) atoms.